The van der Waals surface area contributed by atoms with Crippen molar-refractivity contribution in [3.63, 3.8) is 0 Å². The predicted octanol–water partition coefficient (Wildman–Crippen LogP) is 2.50. The molecule has 2 aromatic heterocycles. The molecule has 2 rings (SSSR count). The van der Waals surface area contributed by atoms with E-state index in [1.807, 2.05) is 31.2 Å². The fourth-order valence-electron chi connectivity index (χ4n) is 1.72. The summed E-state index contributed by atoms with van der Waals surface area (Å²) in [7, 11) is 1.61. The number of anilines is 1. The van der Waals surface area contributed by atoms with Crippen molar-refractivity contribution in [2.45, 2.75) is 13.5 Å². The zero-order chi connectivity index (χ0) is 13.5. The number of pyridine rings is 2. The van der Waals surface area contributed by atoms with Crippen molar-refractivity contribution in [1.29, 1.82) is 0 Å². The van der Waals surface area contributed by atoms with Crippen molar-refractivity contribution in [2.75, 3.05) is 19.0 Å². The number of nitrogens with zero attached hydrogens (tertiary/aromatic N) is 2. The van der Waals surface area contributed by atoms with Gasteiger partial charge in [-0.2, -0.15) is 0 Å². The van der Waals surface area contributed by atoms with E-state index in [1.54, 1.807) is 19.5 Å². The van der Waals surface area contributed by atoms with Crippen LogP contribution in [0.4, 0.5) is 5.82 Å². The van der Waals surface area contributed by atoms with E-state index in [9.17, 15) is 0 Å². The number of nitrogens with one attached hydrogen (secondary N) is 1. The average Bonchev–Trinajstić information content (AvgIpc) is 2.47. The summed E-state index contributed by atoms with van der Waals surface area (Å²) in [5, 5.41) is 3.23. The fourth-order valence-corrected chi connectivity index (χ4v) is 1.72. The molecular weight excluding hydrogens is 242 g/mol. The van der Waals surface area contributed by atoms with Gasteiger partial charge in [0.2, 0.25) is 5.88 Å². The molecule has 0 saturated heterocycles. The third-order valence-electron chi connectivity index (χ3n) is 2.56. The lowest BCUT2D eigenvalue weighted by atomic mass is 10.2. The van der Waals surface area contributed by atoms with Gasteiger partial charge < -0.3 is 14.8 Å². The minimum atomic E-state index is 0.577. The molecule has 0 aliphatic rings. The van der Waals surface area contributed by atoms with Crippen LogP contribution < -0.4 is 14.8 Å². The fraction of sp³-hybridized carbons (Fsp3) is 0.286. The first-order valence-electron chi connectivity index (χ1n) is 6.14. The van der Waals surface area contributed by atoms with Gasteiger partial charge in [-0.05, 0) is 25.1 Å². The molecule has 5 heteroatoms. The Morgan fingerprint density at radius 2 is 1.95 bits per heavy atom. The van der Waals surface area contributed by atoms with Gasteiger partial charge in [-0.3, -0.25) is 0 Å². The summed E-state index contributed by atoms with van der Waals surface area (Å²) in [6, 6.07) is 7.57. The van der Waals surface area contributed by atoms with Crippen molar-refractivity contribution >= 4 is 5.82 Å². The highest BCUT2D eigenvalue weighted by molar-refractivity contribution is 5.50. The Hall–Kier alpha value is -2.30. The maximum absolute atomic E-state index is 5.51. The van der Waals surface area contributed by atoms with Crippen molar-refractivity contribution in [3.8, 4) is 11.6 Å². The maximum atomic E-state index is 5.51. The van der Waals surface area contributed by atoms with E-state index in [2.05, 4.69) is 15.3 Å². The molecule has 5 nitrogen and oxygen atoms in total. The minimum Gasteiger partial charge on any atom is -0.490 e. The van der Waals surface area contributed by atoms with Crippen molar-refractivity contribution in [2.24, 2.45) is 0 Å². The zero-order valence-electron chi connectivity index (χ0n) is 11.1. The summed E-state index contributed by atoms with van der Waals surface area (Å²) < 4.78 is 10.7. The molecule has 2 heterocycles. The van der Waals surface area contributed by atoms with E-state index in [0.717, 1.165) is 17.1 Å². The number of methoxy groups -OCH3 is 1. The van der Waals surface area contributed by atoms with Crippen LogP contribution in [0.25, 0.3) is 0 Å². The van der Waals surface area contributed by atoms with Gasteiger partial charge in [0.1, 0.15) is 0 Å². The van der Waals surface area contributed by atoms with Crippen LogP contribution in [0.15, 0.2) is 36.7 Å². The highest BCUT2D eigenvalue weighted by Gasteiger charge is 2.06. The van der Waals surface area contributed by atoms with Gasteiger partial charge in [0.05, 0.1) is 13.7 Å². The Balaban J connectivity index is 2.10. The van der Waals surface area contributed by atoms with Crippen LogP contribution in [0.2, 0.25) is 0 Å². The normalized spacial score (nSPS) is 10.0. The number of aromatic nitrogens is 2. The Labute approximate surface area is 112 Å². The van der Waals surface area contributed by atoms with Crippen molar-refractivity contribution in [1.82, 2.24) is 9.97 Å². The van der Waals surface area contributed by atoms with Gasteiger partial charge in [-0.25, -0.2) is 9.97 Å². The second-order valence-electron chi connectivity index (χ2n) is 3.81. The SMILES string of the molecule is CCOc1cccnc1NCc1cccnc1OC. The Bertz CT molecular complexity index is 532. The van der Waals surface area contributed by atoms with Crippen molar-refractivity contribution < 1.29 is 9.47 Å². The molecule has 0 aliphatic heterocycles. The number of rotatable bonds is 6. The first-order valence-corrected chi connectivity index (χ1v) is 6.14. The molecule has 0 radical (unpaired) electrons. The van der Waals surface area contributed by atoms with Crippen LogP contribution in [0.5, 0.6) is 11.6 Å². The smallest absolute Gasteiger partial charge is 0.218 e. The van der Waals surface area contributed by atoms with Crippen LogP contribution >= 0.6 is 0 Å². The van der Waals surface area contributed by atoms with Crippen LogP contribution in [0.3, 0.4) is 0 Å². The molecular formula is C14H17N3O2. The van der Waals surface area contributed by atoms with Gasteiger partial charge in [0.15, 0.2) is 11.6 Å². The number of hydrogen-bond acceptors (Lipinski definition) is 5. The summed E-state index contributed by atoms with van der Waals surface area (Å²) in [6.07, 6.45) is 3.43. The summed E-state index contributed by atoms with van der Waals surface area (Å²) >= 11 is 0. The molecule has 1 N–H and O–H groups in total. The third-order valence-corrected chi connectivity index (χ3v) is 2.56. The maximum Gasteiger partial charge on any atom is 0.218 e. The van der Waals surface area contributed by atoms with Gasteiger partial charge in [-0.15, -0.1) is 0 Å². The van der Waals surface area contributed by atoms with Gasteiger partial charge in [-0.1, -0.05) is 6.07 Å². The average molecular weight is 259 g/mol. The molecule has 0 saturated carbocycles. The largest absolute Gasteiger partial charge is 0.490 e. The Kier molecular flexibility index (Phi) is 4.55. The van der Waals surface area contributed by atoms with Crippen LogP contribution in [-0.2, 0) is 6.54 Å². The van der Waals surface area contributed by atoms with E-state index < -0.39 is 0 Å². The van der Waals surface area contributed by atoms with Gasteiger partial charge >= 0.3 is 0 Å². The van der Waals surface area contributed by atoms with E-state index in [0.29, 0.717) is 19.0 Å². The highest BCUT2D eigenvalue weighted by Crippen LogP contribution is 2.22. The lowest BCUT2D eigenvalue weighted by molar-refractivity contribution is 0.340. The predicted molar refractivity (Wildman–Crippen MR) is 73.5 cm³/mol. The first-order chi connectivity index (χ1) is 9.35. The first kappa shape index (κ1) is 13.1. The van der Waals surface area contributed by atoms with E-state index >= 15 is 0 Å². The van der Waals surface area contributed by atoms with Crippen LogP contribution in [0, 0.1) is 0 Å². The molecule has 0 bridgehead atoms. The molecule has 0 fully saturated rings. The molecule has 100 valence electrons. The molecule has 0 amide bonds. The summed E-state index contributed by atoms with van der Waals surface area (Å²) in [5.74, 6) is 2.08. The number of hydrogen-bond donors (Lipinski definition) is 1. The van der Waals surface area contributed by atoms with Gasteiger partial charge in [0, 0.05) is 24.5 Å². The molecule has 0 spiro atoms. The Morgan fingerprint density at radius 3 is 2.74 bits per heavy atom. The quantitative estimate of drug-likeness (QED) is 0.863. The molecule has 2 aromatic rings. The molecule has 0 unspecified atom stereocenters. The van der Waals surface area contributed by atoms with Crippen LogP contribution in [0.1, 0.15) is 12.5 Å². The van der Waals surface area contributed by atoms with E-state index in [4.69, 9.17) is 9.47 Å². The second-order valence-corrected chi connectivity index (χ2v) is 3.81. The summed E-state index contributed by atoms with van der Waals surface area (Å²) in [5.41, 5.74) is 0.970. The molecule has 0 aliphatic carbocycles. The van der Waals surface area contributed by atoms with Crippen molar-refractivity contribution in [3.05, 3.63) is 42.2 Å². The van der Waals surface area contributed by atoms with E-state index in [-0.39, 0.29) is 0 Å². The summed E-state index contributed by atoms with van der Waals surface area (Å²) in [6.45, 7) is 3.13. The highest BCUT2D eigenvalue weighted by atomic mass is 16.5. The summed E-state index contributed by atoms with van der Waals surface area (Å²) in [4.78, 5) is 8.42. The number of ether oxygens (including phenoxy) is 2. The molecule has 19 heavy (non-hydrogen) atoms. The van der Waals surface area contributed by atoms with Gasteiger partial charge in [0.25, 0.3) is 0 Å². The zero-order valence-corrected chi connectivity index (χ0v) is 11.1. The third kappa shape index (κ3) is 3.34. The topological polar surface area (TPSA) is 56.3 Å². The van der Waals surface area contributed by atoms with Crippen LogP contribution in [-0.4, -0.2) is 23.7 Å². The molecule has 0 atom stereocenters. The Morgan fingerprint density at radius 1 is 1.16 bits per heavy atom. The standard InChI is InChI=1S/C14H17N3O2/c1-3-19-12-7-5-8-15-13(12)17-10-11-6-4-9-16-14(11)18-2/h4-9H,3,10H2,1-2H3,(H,15,17). The lowest BCUT2D eigenvalue weighted by Gasteiger charge is -2.12. The monoisotopic (exact) mass is 259 g/mol. The lowest BCUT2D eigenvalue weighted by Crippen LogP contribution is -2.06. The minimum absolute atomic E-state index is 0.577. The molecule has 0 aromatic carbocycles. The second kappa shape index (κ2) is 6.58. The van der Waals surface area contributed by atoms with E-state index in [1.165, 1.54) is 0 Å².